The first-order valence-electron chi connectivity index (χ1n) is 10.1. The fourth-order valence-corrected chi connectivity index (χ4v) is 3.25. The number of carbonyl (C=O) groups is 2. The topological polar surface area (TPSA) is 76.0 Å². The molecule has 0 aliphatic carbocycles. The van der Waals surface area contributed by atoms with E-state index in [0.29, 0.717) is 11.3 Å². The summed E-state index contributed by atoms with van der Waals surface area (Å²) in [4.78, 5) is 25.0. The van der Waals surface area contributed by atoms with Crippen molar-refractivity contribution in [1.29, 1.82) is 0 Å². The number of carbonyl (C=O) groups excluding carboxylic acids is 2. The first kappa shape index (κ1) is 21.0. The highest BCUT2D eigenvalue weighted by Crippen LogP contribution is 2.19. The van der Waals surface area contributed by atoms with Crippen molar-refractivity contribution in [3.05, 3.63) is 114 Å². The molecule has 32 heavy (non-hydrogen) atoms. The molecule has 4 rings (SSSR count). The molecular formula is C25H21FN4O2. The maximum Gasteiger partial charge on any atom is 0.272 e. The summed E-state index contributed by atoms with van der Waals surface area (Å²) in [7, 11) is 0. The Hall–Kier alpha value is -4.26. The van der Waals surface area contributed by atoms with Gasteiger partial charge in [0.05, 0.1) is 6.04 Å². The molecule has 2 amide bonds. The molecule has 1 atom stereocenters. The van der Waals surface area contributed by atoms with E-state index >= 15 is 0 Å². The zero-order chi connectivity index (χ0) is 22.5. The number of amides is 2. The van der Waals surface area contributed by atoms with Crippen molar-refractivity contribution in [1.82, 2.24) is 15.1 Å². The molecule has 4 aromatic rings. The van der Waals surface area contributed by atoms with Crippen LogP contribution in [0.3, 0.4) is 0 Å². The number of rotatable bonds is 6. The fraction of sp³-hybridized carbons (Fsp3) is 0.0800. The highest BCUT2D eigenvalue weighted by atomic mass is 19.1. The fourth-order valence-electron chi connectivity index (χ4n) is 3.25. The lowest BCUT2D eigenvalue weighted by atomic mass is 10.1. The van der Waals surface area contributed by atoms with Gasteiger partial charge in [0.25, 0.3) is 11.8 Å². The van der Waals surface area contributed by atoms with E-state index in [9.17, 15) is 14.0 Å². The molecule has 1 unspecified atom stereocenters. The van der Waals surface area contributed by atoms with Crippen molar-refractivity contribution in [3.8, 4) is 5.69 Å². The van der Waals surface area contributed by atoms with Gasteiger partial charge in [-0.25, -0.2) is 9.07 Å². The molecule has 1 aromatic heterocycles. The number of halogens is 1. The third-order valence-electron chi connectivity index (χ3n) is 4.95. The van der Waals surface area contributed by atoms with E-state index < -0.39 is 5.82 Å². The lowest BCUT2D eigenvalue weighted by Crippen LogP contribution is -2.27. The van der Waals surface area contributed by atoms with Crippen molar-refractivity contribution < 1.29 is 14.0 Å². The Balaban J connectivity index is 1.43. The van der Waals surface area contributed by atoms with Crippen LogP contribution in [0.2, 0.25) is 0 Å². The zero-order valence-corrected chi connectivity index (χ0v) is 17.3. The molecule has 0 spiro atoms. The average Bonchev–Trinajstić information content (AvgIpc) is 3.30. The smallest absolute Gasteiger partial charge is 0.272 e. The lowest BCUT2D eigenvalue weighted by molar-refractivity contribution is 0.0933. The minimum absolute atomic E-state index is 0.175. The van der Waals surface area contributed by atoms with Crippen LogP contribution in [-0.4, -0.2) is 21.6 Å². The van der Waals surface area contributed by atoms with Gasteiger partial charge in [-0.1, -0.05) is 42.5 Å². The van der Waals surface area contributed by atoms with Gasteiger partial charge in [-0.3, -0.25) is 9.59 Å². The summed E-state index contributed by atoms with van der Waals surface area (Å²) >= 11 is 0. The summed E-state index contributed by atoms with van der Waals surface area (Å²) in [5.41, 5.74) is 2.44. The van der Waals surface area contributed by atoms with Gasteiger partial charge in [0.15, 0.2) is 5.69 Å². The standard InChI is InChI=1S/C25H21FN4O2/c1-17(19-10-7-11-20(16-19)28-24(31)18-8-3-2-4-9-18)27-25(32)22-14-15-30(29-22)23-13-6-5-12-21(23)26/h2-17H,1H3,(H,27,32)(H,28,31). The molecule has 1 heterocycles. The van der Waals surface area contributed by atoms with Crippen LogP contribution >= 0.6 is 0 Å². The summed E-state index contributed by atoms with van der Waals surface area (Å²) < 4.78 is 15.3. The number of nitrogens with zero attached hydrogens (tertiary/aromatic N) is 2. The third kappa shape index (κ3) is 4.73. The number of hydrogen-bond acceptors (Lipinski definition) is 3. The second kappa shape index (κ2) is 9.26. The van der Waals surface area contributed by atoms with E-state index in [0.717, 1.165) is 5.56 Å². The Morgan fingerprint density at radius 2 is 1.66 bits per heavy atom. The minimum Gasteiger partial charge on any atom is -0.344 e. The van der Waals surface area contributed by atoms with Crippen LogP contribution in [0, 0.1) is 5.82 Å². The summed E-state index contributed by atoms with van der Waals surface area (Å²) in [6, 6.07) is 23.6. The molecule has 0 radical (unpaired) electrons. The molecule has 0 aliphatic rings. The minimum atomic E-state index is -0.426. The number of hydrogen-bond donors (Lipinski definition) is 2. The first-order chi connectivity index (χ1) is 15.5. The molecule has 0 bridgehead atoms. The zero-order valence-electron chi connectivity index (χ0n) is 17.3. The Bertz CT molecular complexity index is 1250. The molecule has 0 aliphatic heterocycles. The largest absolute Gasteiger partial charge is 0.344 e. The summed E-state index contributed by atoms with van der Waals surface area (Å²) in [6.45, 7) is 1.84. The van der Waals surface area contributed by atoms with Crippen molar-refractivity contribution >= 4 is 17.5 Å². The van der Waals surface area contributed by atoms with Gasteiger partial charge < -0.3 is 10.6 Å². The summed E-state index contributed by atoms with van der Waals surface area (Å²) in [5, 5.41) is 9.93. The van der Waals surface area contributed by atoms with Crippen molar-refractivity contribution in [2.24, 2.45) is 0 Å². The molecule has 2 N–H and O–H groups in total. The number of aromatic nitrogens is 2. The molecule has 7 heteroatoms. The number of anilines is 1. The van der Waals surface area contributed by atoms with E-state index in [1.54, 1.807) is 48.5 Å². The molecule has 160 valence electrons. The van der Waals surface area contributed by atoms with Crippen LogP contribution in [0.1, 0.15) is 39.4 Å². The quantitative estimate of drug-likeness (QED) is 0.465. The molecule has 0 saturated heterocycles. The van der Waals surface area contributed by atoms with Crippen LogP contribution in [0.4, 0.5) is 10.1 Å². The van der Waals surface area contributed by atoms with Crippen molar-refractivity contribution in [2.45, 2.75) is 13.0 Å². The second-order valence-corrected chi connectivity index (χ2v) is 7.24. The van der Waals surface area contributed by atoms with Gasteiger partial charge in [-0.05, 0) is 55.0 Å². The van der Waals surface area contributed by atoms with Gasteiger partial charge in [-0.2, -0.15) is 5.10 Å². The average molecular weight is 428 g/mol. The maximum absolute atomic E-state index is 14.0. The molecule has 3 aromatic carbocycles. The van der Waals surface area contributed by atoms with Crippen LogP contribution in [0.5, 0.6) is 0 Å². The number of nitrogens with one attached hydrogen (secondary N) is 2. The van der Waals surface area contributed by atoms with E-state index in [1.165, 1.54) is 23.0 Å². The SMILES string of the molecule is CC(NC(=O)c1ccn(-c2ccccc2F)n1)c1cccc(NC(=O)c2ccccc2)c1. The molecule has 6 nitrogen and oxygen atoms in total. The van der Waals surface area contributed by atoms with E-state index in [2.05, 4.69) is 15.7 Å². The van der Waals surface area contributed by atoms with Gasteiger partial charge in [0.1, 0.15) is 11.5 Å². The lowest BCUT2D eigenvalue weighted by Gasteiger charge is -2.15. The highest BCUT2D eigenvalue weighted by Gasteiger charge is 2.16. The van der Waals surface area contributed by atoms with Crippen LogP contribution in [0.15, 0.2) is 91.1 Å². The predicted molar refractivity (Wildman–Crippen MR) is 120 cm³/mol. The monoisotopic (exact) mass is 428 g/mol. The van der Waals surface area contributed by atoms with Crippen LogP contribution in [0.25, 0.3) is 5.69 Å². The Morgan fingerprint density at radius 3 is 2.44 bits per heavy atom. The van der Waals surface area contributed by atoms with E-state index in [1.807, 2.05) is 31.2 Å². The Labute approximate surface area is 184 Å². The van der Waals surface area contributed by atoms with Gasteiger partial charge in [0.2, 0.25) is 0 Å². The number of benzene rings is 3. The normalized spacial score (nSPS) is 11.6. The predicted octanol–water partition coefficient (Wildman–Crippen LogP) is 4.75. The maximum atomic E-state index is 14.0. The van der Waals surface area contributed by atoms with E-state index in [-0.39, 0.29) is 29.2 Å². The molecule has 0 fully saturated rings. The van der Waals surface area contributed by atoms with Crippen LogP contribution in [-0.2, 0) is 0 Å². The number of para-hydroxylation sites is 1. The second-order valence-electron chi connectivity index (χ2n) is 7.24. The Kier molecular flexibility index (Phi) is 6.07. The molecular weight excluding hydrogens is 407 g/mol. The summed E-state index contributed by atoms with van der Waals surface area (Å²) in [5.74, 6) is -1.02. The van der Waals surface area contributed by atoms with Crippen molar-refractivity contribution in [2.75, 3.05) is 5.32 Å². The Morgan fingerprint density at radius 1 is 0.906 bits per heavy atom. The van der Waals surface area contributed by atoms with Gasteiger partial charge >= 0.3 is 0 Å². The van der Waals surface area contributed by atoms with Gasteiger partial charge in [0, 0.05) is 17.4 Å². The van der Waals surface area contributed by atoms with E-state index in [4.69, 9.17) is 0 Å². The van der Waals surface area contributed by atoms with Gasteiger partial charge in [-0.15, -0.1) is 0 Å². The van der Waals surface area contributed by atoms with Crippen LogP contribution < -0.4 is 10.6 Å². The first-order valence-corrected chi connectivity index (χ1v) is 10.1. The van der Waals surface area contributed by atoms with Crippen molar-refractivity contribution in [3.63, 3.8) is 0 Å². The highest BCUT2D eigenvalue weighted by molar-refractivity contribution is 6.04. The summed E-state index contributed by atoms with van der Waals surface area (Å²) in [6.07, 6.45) is 1.54. The third-order valence-corrected chi connectivity index (χ3v) is 4.95. The molecule has 0 saturated carbocycles.